The second kappa shape index (κ2) is 10.7. The summed E-state index contributed by atoms with van der Waals surface area (Å²) in [6.45, 7) is 9.46. The van der Waals surface area contributed by atoms with Crippen LogP contribution in [0.1, 0.15) is 49.9 Å². The molecule has 2 N–H and O–H groups in total. The van der Waals surface area contributed by atoms with Crippen molar-refractivity contribution >= 4 is 50.2 Å². The summed E-state index contributed by atoms with van der Waals surface area (Å²) in [5.41, 5.74) is 18.2. The lowest BCUT2D eigenvalue weighted by molar-refractivity contribution is 0.632. The van der Waals surface area contributed by atoms with Gasteiger partial charge in [0.15, 0.2) is 0 Å². The number of hydrogen-bond donors (Lipinski definition) is 2. The first-order chi connectivity index (χ1) is 24.8. The molecule has 3 nitrogen and oxygen atoms in total. The second-order valence-corrected chi connectivity index (χ2v) is 15.2. The first kappa shape index (κ1) is 29.8. The smallest absolute Gasteiger partial charge is 0.0503 e. The maximum atomic E-state index is 3.70. The minimum Gasteiger partial charge on any atom is -0.355 e. The Morgan fingerprint density at radius 3 is 1.69 bits per heavy atom. The molecule has 246 valence electrons. The Morgan fingerprint density at radius 1 is 0.412 bits per heavy atom. The molecule has 0 amide bonds. The molecular weight excluding hydrogens is 619 g/mol. The Labute approximate surface area is 299 Å². The Bertz CT molecular complexity index is 2680. The number of aromatic nitrogens is 1. The van der Waals surface area contributed by atoms with E-state index in [0.717, 1.165) is 5.69 Å². The molecule has 0 bridgehead atoms. The van der Waals surface area contributed by atoms with Crippen LogP contribution >= 0.6 is 0 Å². The monoisotopic (exact) mass is 657 g/mol. The molecule has 0 saturated carbocycles. The van der Waals surface area contributed by atoms with E-state index in [0.29, 0.717) is 0 Å². The lowest BCUT2D eigenvalue weighted by Gasteiger charge is -2.42. The molecule has 7 aromatic carbocycles. The van der Waals surface area contributed by atoms with Crippen LogP contribution in [0.4, 0.5) is 28.4 Å². The molecule has 8 aromatic rings. The predicted molar refractivity (Wildman–Crippen MR) is 215 cm³/mol. The molecule has 10 rings (SSSR count). The molecule has 0 spiro atoms. The summed E-state index contributed by atoms with van der Waals surface area (Å²) in [7, 11) is 0. The Kier molecular flexibility index (Phi) is 6.27. The highest BCUT2D eigenvalue weighted by molar-refractivity contribution is 6.08. The fraction of sp³-hybridized carbons (Fsp3) is 0.125. The van der Waals surface area contributed by atoms with E-state index in [-0.39, 0.29) is 10.8 Å². The summed E-state index contributed by atoms with van der Waals surface area (Å²) in [4.78, 5) is 6.04. The van der Waals surface area contributed by atoms with E-state index in [4.69, 9.17) is 0 Å². The maximum absolute atomic E-state index is 3.70. The highest BCUT2D eigenvalue weighted by Crippen LogP contribution is 2.54. The normalized spacial score (nSPS) is 15.1. The molecule has 0 unspecified atom stereocenters. The molecule has 3 heteroatoms. The van der Waals surface area contributed by atoms with Gasteiger partial charge in [0.2, 0.25) is 0 Å². The van der Waals surface area contributed by atoms with Gasteiger partial charge in [0.05, 0.1) is 11.4 Å². The molecule has 0 saturated heterocycles. The van der Waals surface area contributed by atoms with Gasteiger partial charge < -0.3 is 15.2 Å². The standard InChI is InChI=1S/C48H39N3/c1-47(2)37-15-9-11-17-43(37)50-44-23-19-31(27-38(44)47)33-21-25-46-40(29-33)48(3,4)39-28-32(20-24-45(39)51(46)34-12-6-5-7-13-34)30-18-22-42-36(26-30)35-14-8-10-16-41(35)49-42/h5-29,49-50H,1-4H3. The lowest BCUT2D eigenvalue weighted by Crippen LogP contribution is -2.30. The molecule has 0 aliphatic carbocycles. The number of nitrogens with zero attached hydrogens (tertiary/aromatic N) is 1. The second-order valence-electron chi connectivity index (χ2n) is 15.2. The van der Waals surface area contributed by atoms with Crippen LogP contribution in [-0.2, 0) is 10.8 Å². The average Bonchev–Trinajstić information content (AvgIpc) is 3.53. The zero-order chi connectivity index (χ0) is 34.5. The third-order valence-corrected chi connectivity index (χ3v) is 11.6. The Morgan fingerprint density at radius 2 is 0.941 bits per heavy atom. The van der Waals surface area contributed by atoms with Gasteiger partial charge >= 0.3 is 0 Å². The first-order valence-electron chi connectivity index (χ1n) is 17.9. The van der Waals surface area contributed by atoms with Crippen molar-refractivity contribution in [2.45, 2.75) is 38.5 Å². The number of H-pyrrole nitrogens is 1. The highest BCUT2D eigenvalue weighted by atomic mass is 15.2. The molecule has 0 atom stereocenters. The molecule has 0 fully saturated rings. The number of fused-ring (bicyclic) bond motifs is 7. The summed E-state index contributed by atoms with van der Waals surface area (Å²) in [6, 6.07) is 55.9. The minimum atomic E-state index is -0.249. The zero-order valence-electron chi connectivity index (χ0n) is 29.4. The summed E-state index contributed by atoms with van der Waals surface area (Å²) in [5.74, 6) is 0. The highest BCUT2D eigenvalue weighted by Gasteiger charge is 2.38. The predicted octanol–water partition coefficient (Wildman–Crippen LogP) is 13.1. The van der Waals surface area contributed by atoms with Gasteiger partial charge in [0.25, 0.3) is 0 Å². The van der Waals surface area contributed by atoms with Gasteiger partial charge in [0, 0.05) is 49.7 Å². The van der Waals surface area contributed by atoms with E-state index >= 15 is 0 Å². The number of anilines is 5. The average molecular weight is 658 g/mol. The van der Waals surface area contributed by atoms with Crippen LogP contribution in [0.2, 0.25) is 0 Å². The van der Waals surface area contributed by atoms with E-state index in [1.165, 1.54) is 89.1 Å². The molecule has 2 aliphatic rings. The Hall–Kier alpha value is -6.06. The molecule has 51 heavy (non-hydrogen) atoms. The van der Waals surface area contributed by atoms with Crippen molar-refractivity contribution in [3.63, 3.8) is 0 Å². The van der Waals surface area contributed by atoms with Crippen LogP contribution in [0.5, 0.6) is 0 Å². The quantitative estimate of drug-likeness (QED) is 0.198. The van der Waals surface area contributed by atoms with Crippen molar-refractivity contribution in [2.75, 3.05) is 10.2 Å². The van der Waals surface area contributed by atoms with Gasteiger partial charge in [-0.15, -0.1) is 0 Å². The number of nitrogens with one attached hydrogen (secondary N) is 2. The van der Waals surface area contributed by atoms with Crippen LogP contribution in [0.15, 0.2) is 152 Å². The van der Waals surface area contributed by atoms with E-state index < -0.39 is 0 Å². The molecule has 3 heterocycles. The molecular formula is C48H39N3. The van der Waals surface area contributed by atoms with Crippen molar-refractivity contribution in [3.05, 3.63) is 174 Å². The third-order valence-electron chi connectivity index (χ3n) is 11.6. The van der Waals surface area contributed by atoms with Crippen molar-refractivity contribution in [1.82, 2.24) is 4.98 Å². The molecule has 2 aliphatic heterocycles. The largest absolute Gasteiger partial charge is 0.355 e. The van der Waals surface area contributed by atoms with Gasteiger partial charge in [-0.05, 0) is 117 Å². The first-order valence-corrected chi connectivity index (χ1v) is 17.9. The number of aromatic amines is 1. The maximum Gasteiger partial charge on any atom is 0.0503 e. The third kappa shape index (κ3) is 4.44. The Balaban J connectivity index is 1.12. The van der Waals surface area contributed by atoms with Gasteiger partial charge in [-0.1, -0.05) is 107 Å². The lowest BCUT2D eigenvalue weighted by atomic mass is 9.71. The molecule has 1 aromatic heterocycles. The van der Waals surface area contributed by atoms with Crippen LogP contribution in [-0.4, -0.2) is 4.98 Å². The van der Waals surface area contributed by atoms with E-state index in [1.807, 2.05) is 0 Å². The van der Waals surface area contributed by atoms with Crippen LogP contribution in [0.25, 0.3) is 44.1 Å². The summed E-state index contributed by atoms with van der Waals surface area (Å²) >= 11 is 0. The van der Waals surface area contributed by atoms with Crippen molar-refractivity contribution in [1.29, 1.82) is 0 Å². The minimum absolute atomic E-state index is 0.115. The van der Waals surface area contributed by atoms with Gasteiger partial charge in [-0.25, -0.2) is 0 Å². The molecule has 0 radical (unpaired) electrons. The van der Waals surface area contributed by atoms with Crippen molar-refractivity contribution in [3.8, 4) is 22.3 Å². The topological polar surface area (TPSA) is 31.1 Å². The van der Waals surface area contributed by atoms with E-state index in [9.17, 15) is 0 Å². The van der Waals surface area contributed by atoms with Gasteiger partial charge in [-0.2, -0.15) is 0 Å². The van der Waals surface area contributed by atoms with Crippen LogP contribution in [0.3, 0.4) is 0 Å². The number of para-hydroxylation sites is 3. The number of rotatable bonds is 3. The SMILES string of the molecule is CC1(C)c2ccccc2Nc2ccc(-c3ccc4c(c3)C(C)(C)c3cc(-c5ccc6[nH]c7ccccc7c6c5)ccc3N4c3ccccc3)cc21. The van der Waals surface area contributed by atoms with Gasteiger partial charge in [-0.3, -0.25) is 0 Å². The zero-order valence-corrected chi connectivity index (χ0v) is 29.4. The van der Waals surface area contributed by atoms with E-state index in [1.54, 1.807) is 0 Å². The summed E-state index contributed by atoms with van der Waals surface area (Å²) in [5, 5.41) is 6.22. The fourth-order valence-electron chi connectivity index (χ4n) is 8.76. The van der Waals surface area contributed by atoms with Gasteiger partial charge in [0.1, 0.15) is 0 Å². The number of benzene rings is 7. The van der Waals surface area contributed by atoms with Crippen LogP contribution < -0.4 is 10.2 Å². The number of hydrogen-bond acceptors (Lipinski definition) is 2. The fourth-order valence-corrected chi connectivity index (χ4v) is 8.76. The summed E-state index contributed by atoms with van der Waals surface area (Å²) < 4.78 is 0. The van der Waals surface area contributed by atoms with E-state index in [2.05, 4.69) is 195 Å². The van der Waals surface area contributed by atoms with Crippen LogP contribution in [0, 0.1) is 0 Å². The van der Waals surface area contributed by atoms with Crippen molar-refractivity contribution in [2.24, 2.45) is 0 Å². The summed E-state index contributed by atoms with van der Waals surface area (Å²) in [6.07, 6.45) is 0. The van der Waals surface area contributed by atoms with Crippen molar-refractivity contribution < 1.29 is 0 Å².